The Morgan fingerprint density at radius 3 is 1.14 bits per heavy atom. The minimum Gasteiger partial charge on any atom is -0.205 e. The summed E-state index contributed by atoms with van der Waals surface area (Å²) in [4.78, 5) is 0. The van der Waals surface area contributed by atoms with E-state index >= 15 is 0 Å². The largest absolute Gasteiger partial charge is 0.367 e. The second-order valence-electron chi connectivity index (χ2n) is 3.03. The van der Waals surface area contributed by atoms with Crippen LogP contribution < -0.4 is 0 Å². The minimum absolute atomic E-state index is 0.779. The average molecular weight is 216 g/mol. The minimum atomic E-state index is -5.10. The van der Waals surface area contributed by atoms with Gasteiger partial charge in [0.25, 0.3) is 0 Å². The van der Waals surface area contributed by atoms with Crippen molar-refractivity contribution in [3.8, 4) is 0 Å². The number of rotatable bonds is 0. The Bertz CT molecular complexity index is 302. The van der Waals surface area contributed by atoms with Crippen molar-refractivity contribution < 1.29 is 26.3 Å². The first-order valence-corrected chi connectivity index (χ1v) is 3.63. The predicted molar refractivity (Wildman–Crippen MR) is 37.5 cm³/mol. The summed E-state index contributed by atoms with van der Waals surface area (Å²) in [6.07, 6.45) is 0. The lowest BCUT2D eigenvalue weighted by atomic mass is 9.93. The summed E-state index contributed by atoms with van der Waals surface area (Å²) in [7, 11) is 0. The van der Waals surface area contributed by atoms with Crippen molar-refractivity contribution in [2.45, 2.75) is 25.7 Å². The Morgan fingerprint density at radius 2 is 0.929 bits per heavy atom. The third-order valence-corrected chi connectivity index (χ3v) is 2.17. The molecule has 0 N–H and O–H groups in total. The smallest absolute Gasteiger partial charge is 0.205 e. The number of halogens is 6. The summed E-state index contributed by atoms with van der Waals surface area (Å²) in [5, 5.41) is 0. The predicted octanol–water partition coefficient (Wildman–Crippen LogP) is 3.76. The van der Waals surface area contributed by atoms with E-state index < -0.39 is 34.6 Å². The molecule has 0 atom stereocenters. The molecule has 0 aromatic heterocycles. The molecule has 0 aliphatic heterocycles. The first-order chi connectivity index (χ1) is 6.14. The van der Waals surface area contributed by atoms with Gasteiger partial charge in [0.2, 0.25) is 0 Å². The maximum absolute atomic E-state index is 12.7. The third kappa shape index (κ3) is 1.09. The molecule has 1 rings (SSSR count). The highest BCUT2D eigenvalue weighted by molar-refractivity contribution is 5.43. The molecule has 6 heteroatoms. The highest BCUT2D eigenvalue weighted by Gasteiger charge is 2.66. The van der Waals surface area contributed by atoms with Crippen molar-refractivity contribution in [3.05, 3.63) is 22.8 Å². The average Bonchev–Trinajstić information content (AvgIpc) is 2.10. The van der Waals surface area contributed by atoms with Gasteiger partial charge >= 0.3 is 11.8 Å². The van der Waals surface area contributed by atoms with E-state index in [0.29, 0.717) is 0 Å². The molecule has 0 spiro atoms. The molecule has 0 bridgehead atoms. The molecular weight excluding hydrogens is 210 g/mol. The van der Waals surface area contributed by atoms with Gasteiger partial charge in [-0.15, -0.1) is 0 Å². The number of alkyl halides is 4. The maximum Gasteiger partial charge on any atom is 0.367 e. The summed E-state index contributed by atoms with van der Waals surface area (Å²) in [6, 6.07) is 0. The van der Waals surface area contributed by atoms with Crippen LogP contribution in [0, 0.1) is 0 Å². The Balaban J connectivity index is 3.48. The summed E-state index contributed by atoms with van der Waals surface area (Å²) in [5.41, 5.74) is -1.56. The van der Waals surface area contributed by atoms with Crippen molar-refractivity contribution in [3.63, 3.8) is 0 Å². The number of hydrogen-bond acceptors (Lipinski definition) is 0. The van der Waals surface area contributed by atoms with Crippen molar-refractivity contribution in [2.24, 2.45) is 0 Å². The van der Waals surface area contributed by atoms with E-state index in [2.05, 4.69) is 0 Å². The van der Waals surface area contributed by atoms with Gasteiger partial charge in [-0.3, -0.25) is 0 Å². The summed E-state index contributed by atoms with van der Waals surface area (Å²) >= 11 is 0. The summed E-state index contributed by atoms with van der Waals surface area (Å²) in [6.45, 7) is 1.65. The normalized spacial score (nSPS) is 25.7. The third-order valence-electron chi connectivity index (χ3n) is 2.17. The number of hydrogen-bond donors (Lipinski definition) is 0. The van der Waals surface area contributed by atoms with Crippen LogP contribution in [0.2, 0.25) is 0 Å². The van der Waals surface area contributed by atoms with E-state index in [1.54, 1.807) is 0 Å². The zero-order valence-electron chi connectivity index (χ0n) is 7.27. The van der Waals surface area contributed by atoms with Crippen molar-refractivity contribution in [2.75, 3.05) is 0 Å². The zero-order valence-corrected chi connectivity index (χ0v) is 7.27. The topological polar surface area (TPSA) is 0 Å². The van der Waals surface area contributed by atoms with Crippen LogP contribution in [0.3, 0.4) is 0 Å². The van der Waals surface area contributed by atoms with Crippen LogP contribution in [0.4, 0.5) is 26.3 Å². The van der Waals surface area contributed by atoms with Gasteiger partial charge in [-0.2, -0.15) is 17.6 Å². The van der Waals surface area contributed by atoms with Gasteiger partial charge in [-0.05, 0) is 25.0 Å². The monoisotopic (exact) mass is 216 g/mol. The van der Waals surface area contributed by atoms with Gasteiger partial charge in [0.15, 0.2) is 11.7 Å². The fourth-order valence-electron chi connectivity index (χ4n) is 1.08. The maximum atomic E-state index is 12.7. The van der Waals surface area contributed by atoms with E-state index in [1.807, 2.05) is 0 Å². The van der Waals surface area contributed by atoms with Crippen LogP contribution in [0.1, 0.15) is 13.8 Å². The SMILES string of the molecule is CC1=C(F)C(F)(F)C(F)(F)C(F)=C1C. The molecule has 0 aromatic rings. The first kappa shape index (κ1) is 11.1. The van der Waals surface area contributed by atoms with Crippen LogP contribution in [-0.4, -0.2) is 11.8 Å². The molecule has 0 heterocycles. The van der Waals surface area contributed by atoms with Gasteiger partial charge in [0, 0.05) is 0 Å². The Labute approximate surface area is 75.9 Å². The van der Waals surface area contributed by atoms with E-state index in [9.17, 15) is 26.3 Å². The van der Waals surface area contributed by atoms with E-state index in [0.717, 1.165) is 13.8 Å². The molecule has 0 nitrogen and oxygen atoms in total. The zero-order chi connectivity index (χ0) is 11.3. The number of allylic oxidation sites excluding steroid dienone is 4. The fourth-order valence-corrected chi connectivity index (χ4v) is 1.08. The molecule has 0 aromatic carbocycles. The Morgan fingerprint density at radius 1 is 0.714 bits per heavy atom. The van der Waals surface area contributed by atoms with Crippen LogP contribution in [-0.2, 0) is 0 Å². The highest BCUT2D eigenvalue weighted by Crippen LogP contribution is 2.51. The van der Waals surface area contributed by atoms with Crippen LogP contribution in [0.5, 0.6) is 0 Å². The van der Waals surface area contributed by atoms with Crippen molar-refractivity contribution in [1.82, 2.24) is 0 Å². The molecule has 0 unspecified atom stereocenters. The molecule has 1 aliphatic rings. The van der Waals surface area contributed by atoms with Gasteiger partial charge in [0.05, 0.1) is 0 Å². The molecule has 0 saturated heterocycles. The molecule has 0 fully saturated rings. The lowest BCUT2D eigenvalue weighted by Gasteiger charge is -2.29. The molecule has 0 radical (unpaired) electrons. The first-order valence-electron chi connectivity index (χ1n) is 3.63. The van der Waals surface area contributed by atoms with Gasteiger partial charge in [-0.25, -0.2) is 8.78 Å². The van der Waals surface area contributed by atoms with Gasteiger partial charge in [0.1, 0.15) is 0 Å². The lowest BCUT2D eigenvalue weighted by molar-refractivity contribution is -0.184. The lowest BCUT2D eigenvalue weighted by Crippen LogP contribution is -2.44. The molecular formula is C8H6F6. The molecule has 80 valence electrons. The molecule has 1 aliphatic carbocycles. The van der Waals surface area contributed by atoms with Crippen LogP contribution in [0.25, 0.3) is 0 Å². The molecule has 14 heavy (non-hydrogen) atoms. The van der Waals surface area contributed by atoms with Gasteiger partial charge < -0.3 is 0 Å². The Hall–Kier alpha value is -0.940. The van der Waals surface area contributed by atoms with Gasteiger partial charge in [-0.1, -0.05) is 0 Å². The second-order valence-corrected chi connectivity index (χ2v) is 3.03. The summed E-state index contributed by atoms with van der Waals surface area (Å²) < 4.78 is 75.8. The highest BCUT2D eigenvalue weighted by atomic mass is 19.3. The molecule has 0 amide bonds. The van der Waals surface area contributed by atoms with Crippen molar-refractivity contribution >= 4 is 0 Å². The van der Waals surface area contributed by atoms with E-state index in [-0.39, 0.29) is 0 Å². The summed E-state index contributed by atoms with van der Waals surface area (Å²) in [5.74, 6) is -14.7. The van der Waals surface area contributed by atoms with E-state index in [4.69, 9.17) is 0 Å². The second kappa shape index (κ2) is 2.77. The van der Waals surface area contributed by atoms with Crippen LogP contribution >= 0.6 is 0 Å². The fraction of sp³-hybridized carbons (Fsp3) is 0.500. The van der Waals surface area contributed by atoms with Crippen LogP contribution in [0.15, 0.2) is 22.8 Å². The van der Waals surface area contributed by atoms with Crippen molar-refractivity contribution in [1.29, 1.82) is 0 Å². The standard InChI is InChI=1S/C8H6F6/c1-3-4(2)6(10)8(13,14)7(11,12)5(3)9/h1-2H3. The molecule has 0 saturated carbocycles. The van der Waals surface area contributed by atoms with E-state index in [1.165, 1.54) is 0 Å². The quantitative estimate of drug-likeness (QED) is 0.541. The Kier molecular flexibility index (Phi) is 2.21.